The minimum Gasteiger partial charge on any atom is -0.361 e. The van der Waals surface area contributed by atoms with Gasteiger partial charge in [-0.3, -0.25) is 14.6 Å². The van der Waals surface area contributed by atoms with E-state index in [1.165, 1.54) is 12.3 Å². The summed E-state index contributed by atoms with van der Waals surface area (Å²) >= 11 is 0. The van der Waals surface area contributed by atoms with Gasteiger partial charge >= 0.3 is 0 Å². The van der Waals surface area contributed by atoms with E-state index in [4.69, 9.17) is 0 Å². The van der Waals surface area contributed by atoms with E-state index in [2.05, 4.69) is 26.7 Å². The molecule has 3 aromatic rings. The maximum atomic E-state index is 12.4. The molecule has 28 heavy (non-hydrogen) atoms. The summed E-state index contributed by atoms with van der Waals surface area (Å²) < 4.78 is 0. The fraction of sp³-hybridized carbons (Fsp3) is 0.286. The largest absolute Gasteiger partial charge is 0.361 e. The van der Waals surface area contributed by atoms with Gasteiger partial charge in [0.25, 0.3) is 11.8 Å². The van der Waals surface area contributed by atoms with E-state index in [0.717, 1.165) is 23.0 Å². The predicted octanol–water partition coefficient (Wildman–Crippen LogP) is 1.83. The normalized spacial score (nSPS) is 11.0. The summed E-state index contributed by atoms with van der Waals surface area (Å²) in [6.45, 7) is 1.78. The van der Waals surface area contributed by atoms with Gasteiger partial charge in [-0.1, -0.05) is 18.2 Å². The van der Waals surface area contributed by atoms with Gasteiger partial charge in [0.1, 0.15) is 5.69 Å². The van der Waals surface area contributed by atoms with Crippen molar-refractivity contribution in [3.63, 3.8) is 0 Å². The Morgan fingerprint density at radius 2 is 1.86 bits per heavy atom. The summed E-state index contributed by atoms with van der Waals surface area (Å²) in [5.41, 5.74) is 2.89. The zero-order valence-corrected chi connectivity index (χ0v) is 16.2. The number of carbonyl (C=O) groups excluding carboxylic acids is 2. The summed E-state index contributed by atoms with van der Waals surface area (Å²) in [6.07, 6.45) is 4.16. The molecule has 3 N–H and O–H groups in total. The maximum Gasteiger partial charge on any atom is 0.269 e. The van der Waals surface area contributed by atoms with Crippen LogP contribution in [0.3, 0.4) is 0 Å². The lowest BCUT2D eigenvalue weighted by atomic mass is 10.1. The number of amides is 2. The third-order valence-electron chi connectivity index (χ3n) is 4.45. The number of hydrogen-bond acceptors (Lipinski definition) is 4. The highest BCUT2D eigenvalue weighted by molar-refractivity contribution is 5.98. The molecule has 0 saturated heterocycles. The Kier molecular flexibility index (Phi) is 6.39. The van der Waals surface area contributed by atoms with E-state index in [1.807, 2.05) is 43.4 Å². The van der Waals surface area contributed by atoms with E-state index >= 15 is 0 Å². The molecule has 0 bridgehead atoms. The molecule has 0 spiro atoms. The standard InChI is InChI=1S/C21H25N5O2/c1-26(2)12-11-24-20(27)15-7-9-22-19(13-15)21(28)23-10-8-16-14-25-18-6-4-3-5-17(16)18/h3-7,9,13-14,25H,8,10-12H2,1-2H3,(H,23,28)(H,24,27). The van der Waals surface area contributed by atoms with Crippen LogP contribution in [0, 0.1) is 0 Å². The molecule has 146 valence electrons. The molecule has 3 rings (SSSR count). The Morgan fingerprint density at radius 1 is 1.07 bits per heavy atom. The van der Waals surface area contributed by atoms with Gasteiger partial charge in [-0.15, -0.1) is 0 Å². The number of hydrogen-bond donors (Lipinski definition) is 3. The summed E-state index contributed by atoms with van der Waals surface area (Å²) in [6, 6.07) is 11.2. The number of pyridine rings is 1. The number of H-pyrrole nitrogens is 1. The Balaban J connectivity index is 1.55. The SMILES string of the molecule is CN(C)CCNC(=O)c1ccnc(C(=O)NCCc2c[nH]c3ccccc23)c1. The van der Waals surface area contributed by atoms with Crippen LogP contribution < -0.4 is 10.6 Å². The van der Waals surface area contributed by atoms with E-state index in [0.29, 0.717) is 25.1 Å². The fourth-order valence-electron chi connectivity index (χ4n) is 2.93. The van der Waals surface area contributed by atoms with Gasteiger partial charge in [-0.2, -0.15) is 0 Å². The number of nitrogens with one attached hydrogen (secondary N) is 3. The van der Waals surface area contributed by atoms with Crippen molar-refractivity contribution in [2.75, 3.05) is 33.7 Å². The number of aromatic amines is 1. The topological polar surface area (TPSA) is 90.1 Å². The highest BCUT2D eigenvalue weighted by Gasteiger charge is 2.12. The van der Waals surface area contributed by atoms with Crippen molar-refractivity contribution >= 4 is 22.7 Å². The number of rotatable bonds is 8. The minimum atomic E-state index is -0.289. The quantitative estimate of drug-likeness (QED) is 0.557. The third kappa shape index (κ3) is 4.95. The van der Waals surface area contributed by atoms with Gasteiger partial charge in [0, 0.05) is 48.5 Å². The first-order valence-corrected chi connectivity index (χ1v) is 9.27. The van der Waals surface area contributed by atoms with E-state index in [-0.39, 0.29) is 17.5 Å². The molecular weight excluding hydrogens is 354 g/mol. The first kappa shape index (κ1) is 19.6. The second-order valence-corrected chi connectivity index (χ2v) is 6.85. The van der Waals surface area contributed by atoms with Gasteiger partial charge in [0.05, 0.1) is 0 Å². The van der Waals surface area contributed by atoms with Crippen molar-refractivity contribution in [2.45, 2.75) is 6.42 Å². The Morgan fingerprint density at radius 3 is 2.68 bits per heavy atom. The number of para-hydroxylation sites is 1. The van der Waals surface area contributed by atoms with Gasteiger partial charge < -0.3 is 20.5 Å². The lowest BCUT2D eigenvalue weighted by molar-refractivity contribution is 0.0949. The average molecular weight is 379 g/mol. The number of aromatic nitrogens is 2. The van der Waals surface area contributed by atoms with Crippen LogP contribution in [0.1, 0.15) is 26.4 Å². The highest BCUT2D eigenvalue weighted by Crippen LogP contribution is 2.17. The van der Waals surface area contributed by atoms with E-state index < -0.39 is 0 Å². The molecule has 0 aliphatic heterocycles. The van der Waals surface area contributed by atoms with Crippen molar-refractivity contribution in [1.82, 2.24) is 25.5 Å². The molecule has 1 aromatic carbocycles. The Labute approximate surface area is 164 Å². The first-order valence-electron chi connectivity index (χ1n) is 9.27. The molecule has 0 atom stereocenters. The molecule has 0 fully saturated rings. The van der Waals surface area contributed by atoms with Crippen molar-refractivity contribution in [2.24, 2.45) is 0 Å². The average Bonchev–Trinajstić information content (AvgIpc) is 3.11. The third-order valence-corrected chi connectivity index (χ3v) is 4.45. The van der Waals surface area contributed by atoms with Gasteiger partial charge in [0.2, 0.25) is 0 Å². The number of benzene rings is 1. The van der Waals surface area contributed by atoms with Crippen LogP contribution in [0.25, 0.3) is 10.9 Å². The van der Waals surface area contributed by atoms with Crippen LogP contribution in [0.15, 0.2) is 48.8 Å². The summed E-state index contributed by atoms with van der Waals surface area (Å²) in [4.78, 5) is 33.9. The predicted molar refractivity (Wildman–Crippen MR) is 109 cm³/mol. The van der Waals surface area contributed by atoms with Crippen LogP contribution >= 0.6 is 0 Å². The van der Waals surface area contributed by atoms with Crippen molar-refractivity contribution in [1.29, 1.82) is 0 Å². The Bertz CT molecular complexity index is 964. The molecular formula is C21H25N5O2. The van der Waals surface area contributed by atoms with E-state index in [1.54, 1.807) is 6.07 Å². The van der Waals surface area contributed by atoms with Crippen molar-refractivity contribution < 1.29 is 9.59 Å². The number of nitrogens with zero attached hydrogens (tertiary/aromatic N) is 2. The zero-order chi connectivity index (χ0) is 19.9. The molecule has 0 saturated carbocycles. The van der Waals surface area contributed by atoms with Crippen LogP contribution in [-0.4, -0.2) is 60.4 Å². The number of carbonyl (C=O) groups is 2. The summed E-state index contributed by atoms with van der Waals surface area (Å²) in [5, 5.41) is 6.86. The zero-order valence-electron chi connectivity index (χ0n) is 16.2. The molecule has 7 heteroatoms. The van der Waals surface area contributed by atoms with Crippen molar-refractivity contribution in [3.05, 3.63) is 65.6 Å². The van der Waals surface area contributed by atoms with Gasteiger partial charge in [-0.25, -0.2) is 0 Å². The highest BCUT2D eigenvalue weighted by atomic mass is 16.2. The van der Waals surface area contributed by atoms with Crippen molar-refractivity contribution in [3.8, 4) is 0 Å². The number of fused-ring (bicyclic) bond motifs is 1. The summed E-state index contributed by atoms with van der Waals surface area (Å²) in [5.74, 6) is -0.500. The van der Waals surface area contributed by atoms with Gasteiger partial charge in [0.15, 0.2) is 0 Å². The minimum absolute atomic E-state index is 0.211. The lowest BCUT2D eigenvalue weighted by Gasteiger charge is -2.10. The molecule has 7 nitrogen and oxygen atoms in total. The van der Waals surface area contributed by atoms with Crippen LogP contribution in [0.4, 0.5) is 0 Å². The number of likely N-dealkylation sites (N-methyl/N-ethyl adjacent to an activating group) is 1. The van der Waals surface area contributed by atoms with Crippen LogP contribution in [0.5, 0.6) is 0 Å². The molecule has 0 radical (unpaired) electrons. The van der Waals surface area contributed by atoms with E-state index in [9.17, 15) is 9.59 Å². The van der Waals surface area contributed by atoms with Crippen LogP contribution in [0.2, 0.25) is 0 Å². The Hall–Kier alpha value is -3.19. The second kappa shape index (κ2) is 9.14. The van der Waals surface area contributed by atoms with Crippen LogP contribution in [-0.2, 0) is 6.42 Å². The molecule has 2 amide bonds. The molecule has 0 aliphatic carbocycles. The molecule has 2 heterocycles. The smallest absolute Gasteiger partial charge is 0.269 e. The fourth-order valence-corrected chi connectivity index (χ4v) is 2.93. The lowest BCUT2D eigenvalue weighted by Crippen LogP contribution is -2.32. The van der Waals surface area contributed by atoms with Gasteiger partial charge in [-0.05, 0) is 44.3 Å². The molecule has 0 unspecified atom stereocenters. The maximum absolute atomic E-state index is 12.4. The first-order chi connectivity index (χ1) is 13.5. The molecule has 0 aliphatic rings. The summed E-state index contributed by atoms with van der Waals surface area (Å²) in [7, 11) is 3.88. The second-order valence-electron chi connectivity index (χ2n) is 6.85. The molecule has 2 aromatic heterocycles. The monoisotopic (exact) mass is 379 g/mol.